The molecule has 0 radical (unpaired) electrons. The molecule has 0 heterocycles. The maximum absolute atomic E-state index is 12.4. The van der Waals surface area contributed by atoms with Gasteiger partial charge in [0.1, 0.15) is 0 Å². The quantitative estimate of drug-likeness (QED) is 0.722. The zero-order valence-electron chi connectivity index (χ0n) is 12.1. The van der Waals surface area contributed by atoms with Crippen molar-refractivity contribution in [2.75, 3.05) is 12.8 Å². The Bertz CT molecular complexity index is 485. The Hall–Kier alpha value is -1.55. The molecule has 0 saturated heterocycles. The first kappa shape index (κ1) is 16.5. The van der Waals surface area contributed by atoms with Crippen molar-refractivity contribution in [3.05, 3.63) is 48.0 Å². The minimum atomic E-state index is -0.230. The van der Waals surface area contributed by atoms with E-state index < -0.39 is 0 Å². The molecule has 0 saturated carbocycles. The largest absolute Gasteiger partial charge is 0.282 e. The number of hydrogen-bond donors (Lipinski definition) is 0. The number of carbonyl (C=O) groups is 2. The highest BCUT2D eigenvalue weighted by Crippen LogP contribution is 2.18. The van der Waals surface area contributed by atoms with E-state index in [0.29, 0.717) is 18.4 Å². The van der Waals surface area contributed by atoms with Gasteiger partial charge in [-0.15, -0.1) is 6.58 Å². The molecular weight excluding hydrogens is 270 g/mol. The third-order valence-electron chi connectivity index (χ3n) is 2.95. The summed E-state index contributed by atoms with van der Waals surface area (Å²) in [5.41, 5.74) is 1.59. The van der Waals surface area contributed by atoms with Crippen LogP contribution >= 0.6 is 11.8 Å². The SMILES string of the molecule is C=CCCC(=O)N(C)C(=O)c1ccccc1CSCC. The van der Waals surface area contributed by atoms with Gasteiger partial charge in [-0.2, -0.15) is 11.8 Å². The number of allylic oxidation sites excluding steroid dienone is 1. The molecule has 0 unspecified atom stereocenters. The predicted octanol–water partition coefficient (Wildman–Crippen LogP) is 3.50. The van der Waals surface area contributed by atoms with Gasteiger partial charge in [0.2, 0.25) is 5.91 Å². The van der Waals surface area contributed by atoms with Crippen LogP contribution in [0.25, 0.3) is 0 Å². The fraction of sp³-hybridized carbons (Fsp3) is 0.375. The minimum Gasteiger partial charge on any atom is -0.282 e. The number of amides is 2. The van der Waals surface area contributed by atoms with Crippen LogP contribution in [0.3, 0.4) is 0 Å². The lowest BCUT2D eigenvalue weighted by Gasteiger charge is -2.17. The van der Waals surface area contributed by atoms with E-state index in [1.807, 2.05) is 18.2 Å². The first-order valence-corrected chi connectivity index (χ1v) is 7.84. The van der Waals surface area contributed by atoms with Gasteiger partial charge < -0.3 is 0 Å². The molecule has 2 amide bonds. The van der Waals surface area contributed by atoms with Crippen LogP contribution in [-0.4, -0.2) is 29.5 Å². The van der Waals surface area contributed by atoms with Crippen LogP contribution in [0.1, 0.15) is 35.7 Å². The van der Waals surface area contributed by atoms with Crippen LogP contribution in [0.15, 0.2) is 36.9 Å². The van der Waals surface area contributed by atoms with Gasteiger partial charge >= 0.3 is 0 Å². The molecule has 1 rings (SSSR count). The second-order valence-corrected chi connectivity index (χ2v) is 5.65. The van der Waals surface area contributed by atoms with E-state index in [4.69, 9.17) is 0 Å². The summed E-state index contributed by atoms with van der Waals surface area (Å²) < 4.78 is 0. The van der Waals surface area contributed by atoms with Crippen LogP contribution in [0.2, 0.25) is 0 Å². The summed E-state index contributed by atoms with van der Waals surface area (Å²) in [5.74, 6) is 1.38. The minimum absolute atomic E-state index is 0.173. The highest BCUT2D eigenvalue weighted by atomic mass is 32.2. The normalized spacial score (nSPS) is 10.1. The Balaban J connectivity index is 2.85. The topological polar surface area (TPSA) is 37.4 Å². The summed E-state index contributed by atoms with van der Waals surface area (Å²) in [4.78, 5) is 25.5. The van der Waals surface area contributed by atoms with Crippen molar-refractivity contribution in [3.8, 4) is 0 Å². The molecule has 108 valence electrons. The number of thioether (sulfide) groups is 1. The summed E-state index contributed by atoms with van der Waals surface area (Å²) in [5, 5.41) is 0. The molecule has 0 bridgehead atoms. The maximum atomic E-state index is 12.4. The molecule has 20 heavy (non-hydrogen) atoms. The molecule has 0 N–H and O–H groups in total. The lowest BCUT2D eigenvalue weighted by molar-refractivity contribution is -0.127. The molecule has 3 nitrogen and oxygen atoms in total. The second kappa shape index (κ2) is 8.59. The number of imide groups is 1. The van der Waals surface area contributed by atoms with Crippen molar-refractivity contribution in [1.29, 1.82) is 0 Å². The van der Waals surface area contributed by atoms with Crippen molar-refractivity contribution in [2.45, 2.75) is 25.5 Å². The highest BCUT2D eigenvalue weighted by molar-refractivity contribution is 7.98. The monoisotopic (exact) mass is 291 g/mol. The number of hydrogen-bond acceptors (Lipinski definition) is 3. The van der Waals surface area contributed by atoms with Gasteiger partial charge in [-0.1, -0.05) is 31.2 Å². The molecule has 0 aliphatic heterocycles. The van der Waals surface area contributed by atoms with E-state index in [2.05, 4.69) is 13.5 Å². The molecule has 0 spiro atoms. The van der Waals surface area contributed by atoms with Crippen LogP contribution < -0.4 is 0 Å². The van der Waals surface area contributed by atoms with Crippen molar-refractivity contribution in [1.82, 2.24) is 4.90 Å². The van der Waals surface area contributed by atoms with Crippen LogP contribution in [0.4, 0.5) is 0 Å². The van der Waals surface area contributed by atoms with E-state index in [0.717, 1.165) is 17.1 Å². The molecule has 0 aromatic heterocycles. The fourth-order valence-corrected chi connectivity index (χ4v) is 2.43. The standard InChI is InChI=1S/C16H21NO2S/c1-4-6-11-15(18)17(3)16(19)14-10-8-7-9-13(14)12-20-5-2/h4,7-10H,1,5-6,11-12H2,2-3H3. The summed E-state index contributed by atoms with van der Waals surface area (Å²) in [6.45, 7) is 5.67. The number of rotatable bonds is 7. The Morgan fingerprint density at radius 3 is 2.70 bits per heavy atom. The summed E-state index contributed by atoms with van der Waals surface area (Å²) in [6, 6.07) is 7.47. The van der Waals surface area contributed by atoms with Gasteiger partial charge in [0.25, 0.3) is 5.91 Å². The molecule has 0 aliphatic rings. The van der Waals surface area contributed by atoms with Crippen molar-refractivity contribution in [3.63, 3.8) is 0 Å². The van der Waals surface area contributed by atoms with Crippen LogP contribution in [0.5, 0.6) is 0 Å². The number of carbonyl (C=O) groups excluding carboxylic acids is 2. The summed E-state index contributed by atoms with van der Waals surface area (Å²) in [7, 11) is 1.54. The van der Waals surface area contributed by atoms with E-state index in [1.165, 1.54) is 11.9 Å². The molecule has 0 fully saturated rings. The van der Waals surface area contributed by atoms with E-state index in [9.17, 15) is 9.59 Å². The maximum Gasteiger partial charge on any atom is 0.260 e. The molecular formula is C16H21NO2S. The number of benzene rings is 1. The van der Waals surface area contributed by atoms with Gasteiger partial charge in [0.05, 0.1) is 0 Å². The molecule has 0 aliphatic carbocycles. The smallest absolute Gasteiger partial charge is 0.260 e. The van der Waals surface area contributed by atoms with Crippen LogP contribution in [0, 0.1) is 0 Å². The lowest BCUT2D eigenvalue weighted by Crippen LogP contribution is -2.33. The van der Waals surface area contributed by atoms with E-state index >= 15 is 0 Å². The molecule has 4 heteroatoms. The van der Waals surface area contributed by atoms with Crippen molar-refractivity contribution in [2.24, 2.45) is 0 Å². The van der Waals surface area contributed by atoms with Gasteiger partial charge in [-0.05, 0) is 23.8 Å². The van der Waals surface area contributed by atoms with Crippen LogP contribution in [-0.2, 0) is 10.5 Å². The van der Waals surface area contributed by atoms with Gasteiger partial charge in [-0.3, -0.25) is 14.5 Å². The zero-order chi connectivity index (χ0) is 15.0. The van der Waals surface area contributed by atoms with Gasteiger partial charge in [0.15, 0.2) is 0 Å². The third-order valence-corrected chi connectivity index (χ3v) is 3.87. The van der Waals surface area contributed by atoms with E-state index in [-0.39, 0.29) is 11.8 Å². The lowest BCUT2D eigenvalue weighted by atomic mass is 10.1. The predicted molar refractivity (Wildman–Crippen MR) is 84.8 cm³/mol. The first-order chi connectivity index (χ1) is 9.61. The zero-order valence-corrected chi connectivity index (χ0v) is 12.9. The van der Waals surface area contributed by atoms with Gasteiger partial charge in [0, 0.05) is 24.8 Å². The Labute approximate surface area is 125 Å². The highest BCUT2D eigenvalue weighted by Gasteiger charge is 2.20. The first-order valence-electron chi connectivity index (χ1n) is 6.69. The van der Waals surface area contributed by atoms with E-state index in [1.54, 1.807) is 23.9 Å². The van der Waals surface area contributed by atoms with Crippen molar-refractivity contribution < 1.29 is 9.59 Å². The fourth-order valence-electron chi connectivity index (χ4n) is 1.75. The average molecular weight is 291 g/mol. The Morgan fingerprint density at radius 2 is 2.05 bits per heavy atom. The Kier molecular flexibility index (Phi) is 7.09. The third kappa shape index (κ3) is 4.53. The van der Waals surface area contributed by atoms with Crippen molar-refractivity contribution >= 4 is 23.6 Å². The molecule has 0 atom stereocenters. The summed E-state index contributed by atoms with van der Waals surface area (Å²) >= 11 is 1.76. The molecule has 1 aromatic carbocycles. The van der Waals surface area contributed by atoms with Gasteiger partial charge in [-0.25, -0.2) is 0 Å². The second-order valence-electron chi connectivity index (χ2n) is 4.38. The Morgan fingerprint density at radius 1 is 1.35 bits per heavy atom. The average Bonchev–Trinajstić information content (AvgIpc) is 2.49. The number of nitrogens with zero attached hydrogens (tertiary/aromatic N) is 1. The summed E-state index contributed by atoms with van der Waals surface area (Å²) in [6.07, 6.45) is 2.59. The molecule has 1 aromatic rings.